The van der Waals surface area contributed by atoms with Crippen molar-refractivity contribution < 1.29 is 0 Å². The molecule has 0 amide bonds. The second-order valence-corrected chi connectivity index (χ2v) is 5.95. The summed E-state index contributed by atoms with van der Waals surface area (Å²) < 4.78 is 0. The first-order chi connectivity index (χ1) is 5.49. The molecule has 0 N–H and O–H groups in total. The summed E-state index contributed by atoms with van der Waals surface area (Å²) in [7, 11) is 0. The highest BCUT2D eigenvalue weighted by molar-refractivity contribution is 5.06. The van der Waals surface area contributed by atoms with Gasteiger partial charge in [-0.2, -0.15) is 0 Å². The van der Waals surface area contributed by atoms with Crippen LogP contribution < -0.4 is 0 Å². The van der Waals surface area contributed by atoms with Crippen LogP contribution in [-0.2, 0) is 0 Å². The van der Waals surface area contributed by atoms with Crippen LogP contribution in [0.15, 0.2) is 0 Å². The fourth-order valence-corrected chi connectivity index (χ4v) is 3.70. The monoisotopic (exact) mass is 166 g/mol. The van der Waals surface area contributed by atoms with E-state index in [0.717, 1.165) is 17.3 Å². The van der Waals surface area contributed by atoms with Gasteiger partial charge in [-0.05, 0) is 48.3 Å². The van der Waals surface area contributed by atoms with Crippen molar-refractivity contribution in [2.75, 3.05) is 0 Å². The smallest absolute Gasteiger partial charge is 0.0266 e. The lowest BCUT2D eigenvalue weighted by atomic mass is 9.71. The number of fused-ring (bicyclic) bond motifs is 2. The van der Waals surface area contributed by atoms with E-state index in [9.17, 15) is 0 Å². The van der Waals surface area contributed by atoms with Crippen LogP contribution in [0.4, 0.5) is 0 Å². The van der Waals surface area contributed by atoms with Crippen LogP contribution in [0, 0.1) is 22.7 Å². The van der Waals surface area contributed by atoms with E-state index in [1.807, 2.05) is 0 Å². The average Bonchev–Trinajstić information content (AvgIpc) is 2.41. The molecule has 2 rings (SSSR count). The molecule has 2 bridgehead atoms. The maximum atomic E-state index is 2.51. The molecule has 0 aromatic carbocycles. The van der Waals surface area contributed by atoms with E-state index in [4.69, 9.17) is 0 Å². The van der Waals surface area contributed by atoms with E-state index in [-0.39, 0.29) is 0 Å². The molecule has 2 aliphatic rings. The first-order valence-corrected chi connectivity index (χ1v) is 5.49. The van der Waals surface area contributed by atoms with Gasteiger partial charge in [0.15, 0.2) is 0 Å². The molecule has 0 aromatic rings. The highest BCUT2D eigenvalue weighted by Gasteiger charge is 2.56. The van der Waals surface area contributed by atoms with Crippen LogP contribution in [0.5, 0.6) is 0 Å². The highest BCUT2D eigenvalue weighted by Crippen LogP contribution is 2.66. The third kappa shape index (κ3) is 0.900. The maximum Gasteiger partial charge on any atom is -0.0266 e. The van der Waals surface area contributed by atoms with Gasteiger partial charge < -0.3 is 0 Å². The zero-order chi connectivity index (χ0) is 8.98. The standard InChI is InChI=1S/C12H22/c1-9(2)12-6-5-11(4,8-12)10(3)7-12/h9-10H,5-8H2,1-4H3/t10-,11+,12-/m1/s1. The van der Waals surface area contributed by atoms with Crippen molar-refractivity contribution >= 4 is 0 Å². The Bertz CT molecular complexity index is 194. The second kappa shape index (κ2) is 2.27. The number of hydrogen-bond donors (Lipinski definition) is 0. The molecule has 2 aliphatic carbocycles. The van der Waals surface area contributed by atoms with Crippen molar-refractivity contribution in [3.63, 3.8) is 0 Å². The molecule has 0 heterocycles. The van der Waals surface area contributed by atoms with Crippen molar-refractivity contribution in [2.45, 2.75) is 53.4 Å². The van der Waals surface area contributed by atoms with Gasteiger partial charge in [0.25, 0.3) is 0 Å². The lowest BCUT2D eigenvalue weighted by molar-refractivity contribution is 0.166. The maximum absolute atomic E-state index is 2.51. The summed E-state index contributed by atoms with van der Waals surface area (Å²) in [4.78, 5) is 0. The summed E-state index contributed by atoms with van der Waals surface area (Å²) in [5.41, 5.74) is 1.46. The van der Waals surface area contributed by atoms with Gasteiger partial charge in [-0.25, -0.2) is 0 Å². The summed E-state index contributed by atoms with van der Waals surface area (Å²) >= 11 is 0. The molecular weight excluding hydrogens is 144 g/mol. The minimum atomic E-state index is 0.713. The SMILES string of the molecule is CC(C)[C@@]12CC[C@@](C)(C1)[C@H](C)C2. The first-order valence-electron chi connectivity index (χ1n) is 5.49. The van der Waals surface area contributed by atoms with Gasteiger partial charge in [0, 0.05) is 0 Å². The van der Waals surface area contributed by atoms with E-state index >= 15 is 0 Å². The predicted molar refractivity (Wildman–Crippen MR) is 53.0 cm³/mol. The van der Waals surface area contributed by atoms with Crippen LogP contribution in [0.2, 0.25) is 0 Å². The topological polar surface area (TPSA) is 0 Å². The van der Waals surface area contributed by atoms with Crippen LogP contribution >= 0.6 is 0 Å². The van der Waals surface area contributed by atoms with Crippen LogP contribution in [0.3, 0.4) is 0 Å². The molecule has 0 heteroatoms. The lowest BCUT2D eigenvalue weighted by Gasteiger charge is -2.34. The molecule has 0 radical (unpaired) electrons. The molecule has 2 saturated carbocycles. The van der Waals surface area contributed by atoms with Crippen molar-refractivity contribution in [2.24, 2.45) is 22.7 Å². The molecular formula is C12H22. The second-order valence-electron chi connectivity index (χ2n) is 5.95. The Balaban J connectivity index is 2.25. The summed E-state index contributed by atoms with van der Waals surface area (Å²) in [5.74, 6) is 1.89. The number of rotatable bonds is 1. The van der Waals surface area contributed by atoms with Gasteiger partial charge in [0.1, 0.15) is 0 Å². The fourth-order valence-electron chi connectivity index (χ4n) is 3.70. The molecule has 70 valence electrons. The van der Waals surface area contributed by atoms with Gasteiger partial charge in [0.2, 0.25) is 0 Å². The zero-order valence-corrected chi connectivity index (χ0v) is 8.98. The van der Waals surface area contributed by atoms with E-state index in [2.05, 4.69) is 27.7 Å². The van der Waals surface area contributed by atoms with Crippen LogP contribution in [-0.4, -0.2) is 0 Å². The Labute approximate surface area is 76.7 Å². The predicted octanol–water partition coefficient (Wildman–Crippen LogP) is 3.86. The molecule has 12 heavy (non-hydrogen) atoms. The van der Waals surface area contributed by atoms with Gasteiger partial charge in [-0.3, -0.25) is 0 Å². The van der Waals surface area contributed by atoms with E-state index < -0.39 is 0 Å². The van der Waals surface area contributed by atoms with Crippen molar-refractivity contribution in [1.29, 1.82) is 0 Å². The summed E-state index contributed by atoms with van der Waals surface area (Å²) in [6.07, 6.45) is 6.01. The third-order valence-corrected chi connectivity index (χ3v) is 5.08. The van der Waals surface area contributed by atoms with Gasteiger partial charge in [0.05, 0.1) is 0 Å². The van der Waals surface area contributed by atoms with Gasteiger partial charge >= 0.3 is 0 Å². The largest absolute Gasteiger partial charge is 0.0622 e. The molecule has 2 fully saturated rings. The molecule has 0 aliphatic heterocycles. The first kappa shape index (κ1) is 8.59. The molecule has 0 unspecified atom stereocenters. The summed E-state index contributed by atoms with van der Waals surface area (Å²) in [6.45, 7) is 9.81. The highest BCUT2D eigenvalue weighted by atomic mass is 14.6. The molecule has 0 saturated heterocycles. The van der Waals surface area contributed by atoms with Gasteiger partial charge in [-0.15, -0.1) is 0 Å². The lowest BCUT2D eigenvalue weighted by Crippen LogP contribution is -2.24. The fraction of sp³-hybridized carbons (Fsp3) is 1.00. The van der Waals surface area contributed by atoms with E-state index in [0.29, 0.717) is 5.41 Å². The summed E-state index contributed by atoms with van der Waals surface area (Å²) in [5, 5.41) is 0. The minimum Gasteiger partial charge on any atom is -0.0622 e. The van der Waals surface area contributed by atoms with Crippen molar-refractivity contribution in [3.8, 4) is 0 Å². The van der Waals surface area contributed by atoms with E-state index in [1.54, 1.807) is 0 Å². The Hall–Kier alpha value is 0. The molecule has 0 aromatic heterocycles. The quantitative estimate of drug-likeness (QED) is 0.555. The van der Waals surface area contributed by atoms with Crippen molar-refractivity contribution in [3.05, 3.63) is 0 Å². The Morgan fingerprint density at radius 3 is 2.17 bits per heavy atom. The van der Waals surface area contributed by atoms with Crippen molar-refractivity contribution in [1.82, 2.24) is 0 Å². The zero-order valence-electron chi connectivity index (χ0n) is 8.98. The normalized spacial score (nSPS) is 52.2. The summed E-state index contributed by atoms with van der Waals surface area (Å²) in [6, 6.07) is 0. The van der Waals surface area contributed by atoms with Crippen LogP contribution in [0.25, 0.3) is 0 Å². The molecule has 0 nitrogen and oxygen atoms in total. The minimum absolute atomic E-state index is 0.713. The average molecular weight is 166 g/mol. The third-order valence-electron chi connectivity index (χ3n) is 5.08. The molecule has 3 atom stereocenters. The Kier molecular flexibility index (Phi) is 1.63. The Morgan fingerprint density at radius 1 is 1.25 bits per heavy atom. The van der Waals surface area contributed by atoms with Crippen LogP contribution in [0.1, 0.15) is 53.4 Å². The van der Waals surface area contributed by atoms with E-state index in [1.165, 1.54) is 25.7 Å². The molecule has 0 spiro atoms. The number of hydrogen-bond acceptors (Lipinski definition) is 0. The Morgan fingerprint density at radius 2 is 1.92 bits per heavy atom. The van der Waals surface area contributed by atoms with Gasteiger partial charge in [-0.1, -0.05) is 27.7 Å².